The first-order valence-corrected chi connectivity index (χ1v) is 9.88. The van der Waals surface area contributed by atoms with Crippen LogP contribution >= 0.6 is 0 Å². The molecule has 1 aromatic rings. The van der Waals surface area contributed by atoms with Crippen LogP contribution in [0.2, 0.25) is 0 Å². The summed E-state index contributed by atoms with van der Waals surface area (Å²) in [5, 5.41) is 0. The van der Waals surface area contributed by atoms with Gasteiger partial charge in [0.05, 0.1) is 6.54 Å². The van der Waals surface area contributed by atoms with E-state index < -0.39 is 5.60 Å². The van der Waals surface area contributed by atoms with Gasteiger partial charge in [-0.3, -0.25) is 9.59 Å². The number of aromatic nitrogens is 1. The number of hydrogen-bond acceptors (Lipinski definition) is 4. The molecule has 7 nitrogen and oxygen atoms in total. The highest BCUT2D eigenvalue weighted by molar-refractivity contribution is 5.94. The lowest BCUT2D eigenvalue weighted by Crippen LogP contribution is -2.49. The van der Waals surface area contributed by atoms with E-state index in [9.17, 15) is 14.4 Å². The minimum absolute atomic E-state index is 0.134. The molecule has 2 aliphatic heterocycles. The zero-order chi connectivity index (χ0) is 19.6. The van der Waals surface area contributed by atoms with Crippen LogP contribution in [-0.4, -0.2) is 57.6 Å². The summed E-state index contributed by atoms with van der Waals surface area (Å²) >= 11 is 0. The number of amides is 2. The Morgan fingerprint density at radius 3 is 2.56 bits per heavy atom. The third-order valence-corrected chi connectivity index (χ3v) is 5.78. The van der Waals surface area contributed by atoms with E-state index in [1.165, 1.54) is 6.07 Å². The van der Waals surface area contributed by atoms with Gasteiger partial charge in [-0.15, -0.1) is 0 Å². The summed E-state index contributed by atoms with van der Waals surface area (Å²) in [6.07, 6.45) is 4.67. The second kappa shape index (κ2) is 7.74. The molecule has 1 atom stereocenters. The van der Waals surface area contributed by atoms with Crippen molar-refractivity contribution in [1.82, 2.24) is 14.4 Å². The second-order valence-electron chi connectivity index (χ2n) is 7.65. The number of nitrogens with zero attached hydrogens (tertiary/aromatic N) is 3. The first-order valence-electron chi connectivity index (χ1n) is 9.88. The van der Waals surface area contributed by atoms with Crippen molar-refractivity contribution >= 4 is 12.0 Å². The molecule has 2 aliphatic rings. The Kier molecular flexibility index (Phi) is 5.58. The standard InChI is InChI=1S/C20H29N3O4/c1-4-6-15(3)23-14-20(27-19(23)26)8-11-22(12-9-20)18(25)16-7-10-21(5-2)17(24)13-16/h7,10,13,15H,4-6,8-9,11-12,14H2,1-3H3/t15-/m0/s1. The number of carbonyl (C=O) groups is 2. The molecule has 0 aromatic carbocycles. The average Bonchev–Trinajstić information content (AvgIpc) is 2.98. The Balaban J connectivity index is 1.63. The number of hydrogen-bond donors (Lipinski definition) is 0. The average molecular weight is 375 g/mol. The monoisotopic (exact) mass is 375 g/mol. The predicted octanol–water partition coefficient (Wildman–Crippen LogP) is 2.48. The minimum atomic E-state index is -0.485. The molecule has 3 heterocycles. The molecular formula is C20H29N3O4. The van der Waals surface area contributed by atoms with Gasteiger partial charge < -0.3 is 19.1 Å². The van der Waals surface area contributed by atoms with Crippen molar-refractivity contribution in [2.75, 3.05) is 19.6 Å². The van der Waals surface area contributed by atoms with Crippen LogP contribution in [0.25, 0.3) is 0 Å². The van der Waals surface area contributed by atoms with Crippen molar-refractivity contribution in [3.63, 3.8) is 0 Å². The molecule has 148 valence electrons. The van der Waals surface area contributed by atoms with E-state index in [0.717, 1.165) is 12.8 Å². The van der Waals surface area contributed by atoms with E-state index in [2.05, 4.69) is 13.8 Å². The molecule has 0 radical (unpaired) electrons. The molecule has 0 bridgehead atoms. The topological polar surface area (TPSA) is 71.8 Å². The Morgan fingerprint density at radius 1 is 1.26 bits per heavy atom. The first-order chi connectivity index (χ1) is 12.9. The lowest BCUT2D eigenvalue weighted by Gasteiger charge is -2.37. The van der Waals surface area contributed by atoms with E-state index in [1.54, 1.807) is 21.7 Å². The van der Waals surface area contributed by atoms with Crippen LogP contribution in [0.5, 0.6) is 0 Å². The minimum Gasteiger partial charge on any atom is -0.441 e. The number of carbonyl (C=O) groups excluding carboxylic acids is 2. The molecule has 1 spiro atoms. The van der Waals surface area contributed by atoms with Gasteiger partial charge in [0, 0.05) is 56.3 Å². The Hall–Kier alpha value is -2.31. The number of likely N-dealkylation sites (tertiary alicyclic amines) is 1. The third-order valence-electron chi connectivity index (χ3n) is 5.78. The number of piperidine rings is 1. The Labute approximate surface area is 159 Å². The van der Waals surface area contributed by atoms with Crippen molar-refractivity contribution < 1.29 is 14.3 Å². The van der Waals surface area contributed by atoms with Crippen molar-refractivity contribution in [2.24, 2.45) is 0 Å². The molecule has 3 rings (SSSR count). The molecular weight excluding hydrogens is 346 g/mol. The van der Waals surface area contributed by atoms with Gasteiger partial charge in [-0.2, -0.15) is 0 Å². The third kappa shape index (κ3) is 3.87. The molecule has 27 heavy (non-hydrogen) atoms. The summed E-state index contributed by atoms with van der Waals surface area (Å²) in [5.74, 6) is -0.134. The molecule has 2 saturated heterocycles. The molecule has 2 amide bonds. The van der Waals surface area contributed by atoms with Crippen molar-refractivity contribution in [1.29, 1.82) is 0 Å². The number of rotatable bonds is 5. The maximum atomic E-state index is 12.7. The van der Waals surface area contributed by atoms with Crippen molar-refractivity contribution in [2.45, 2.75) is 64.6 Å². The van der Waals surface area contributed by atoms with E-state index in [-0.39, 0.29) is 23.6 Å². The predicted molar refractivity (Wildman–Crippen MR) is 102 cm³/mol. The van der Waals surface area contributed by atoms with Gasteiger partial charge in [0.15, 0.2) is 0 Å². The van der Waals surface area contributed by atoms with Gasteiger partial charge >= 0.3 is 6.09 Å². The van der Waals surface area contributed by atoms with Crippen molar-refractivity contribution in [3.8, 4) is 0 Å². The maximum Gasteiger partial charge on any atom is 0.410 e. The highest BCUT2D eigenvalue weighted by atomic mass is 16.6. The van der Waals surface area contributed by atoms with E-state index in [0.29, 0.717) is 44.6 Å². The summed E-state index contributed by atoms with van der Waals surface area (Å²) in [5.41, 5.74) is -0.231. The van der Waals surface area contributed by atoms with Gasteiger partial charge in [0.2, 0.25) is 0 Å². The van der Waals surface area contributed by atoms with E-state index in [4.69, 9.17) is 4.74 Å². The summed E-state index contributed by atoms with van der Waals surface area (Å²) in [4.78, 5) is 40.6. The Morgan fingerprint density at radius 2 is 1.96 bits per heavy atom. The van der Waals surface area contributed by atoms with Crippen LogP contribution < -0.4 is 5.56 Å². The second-order valence-corrected chi connectivity index (χ2v) is 7.65. The fourth-order valence-corrected chi connectivity index (χ4v) is 4.02. The van der Waals surface area contributed by atoms with Crippen LogP contribution in [0.1, 0.15) is 56.8 Å². The zero-order valence-electron chi connectivity index (χ0n) is 16.4. The molecule has 2 fully saturated rings. The lowest BCUT2D eigenvalue weighted by molar-refractivity contribution is 0.00305. The highest BCUT2D eigenvalue weighted by Gasteiger charge is 2.48. The lowest BCUT2D eigenvalue weighted by atomic mass is 9.90. The maximum absolute atomic E-state index is 12.7. The normalized spacial score (nSPS) is 20.0. The van der Waals surface area contributed by atoms with Crippen LogP contribution in [0.4, 0.5) is 4.79 Å². The summed E-state index contributed by atoms with van der Waals surface area (Å²) < 4.78 is 7.31. The molecule has 7 heteroatoms. The SMILES string of the molecule is CCC[C@H](C)N1CC2(CCN(C(=O)c3ccn(CC)c(=O)c3)CC2)OC1=O. The number of ether oxygens (including phenoxy) is 1. The van der Waals surface area contributed by atoms with Crippen LogP contribution in [0.3, 0.4) is 0 Å². The van der Waals surface area contributed by atoms with Gasteiger partial charge in [0.1, 0.15) is 5.60 Å². The first kappa shape index (κ1) is 19.5. The molecule has 0 N–H and O–H groups in total. The summed E-state index contributed by atoms with van der Waals surface area (Å²) in [6, 6.07) is 3.27. The molecule has 1 aromatic heterocycles. The quantitative estimate of drug-likeness (QED) is 0.793. The summed E-state index contributed by atoms with van der Waals surface area (Å²) in [6.45, 7) is 8.29. The van der Waals surface area contributed by atoms with E-state index in [1.807, 2.05) is 11.8 Å². The van der Waals surface area contributed by atoms with Crippen LogP contribution in [-0.2, 0) is 11.3 Å². The molecule has 0 aliphatic carbocycles. The van der Waals surface area contributed by atoms with Gasteiger partial charge in [-0.25, -0.2) is 4.79 Å². The largest absolute Gasteiger partial charge is 0.441 e. The Bertz CT molecular complexity index is 765. The van der Waals surface area contributed by atoms with Gasteiger partial charge in [0.25, 0.3) is 11.5 Å². The van der Waals surface area contributed by atoms with Crippen LogP contribution in [0.15, 0.2) is 23.1 Å². The zero-order valence-corrected chi connectivity index (χ0v) is 16.4. The fraction of sp³-hybridized carbons (Fsp3) is 0.650. The van der Waals surface area contributed by atoms with E-state index >= 15 is 0 Å². The number of aryl methyl sites for hydroxylation is 1. The van der Waals surface area contributed by atoms with Crippen LogP contribution in [0, 0.1) is 0 Å². The highest BCUT2D eigenvalue weighted by Crippen LogP contribution is 2.35. The fourth-order valence-electron chi connectivity index (χ4n) is 4.02. The number of pyridine rings is 1. The molecule has 0 saturated carbocycles. The smallest absolute Gasteiger partial charge is 0.410 e. The van der Waals surface area contributed by atoms with Gasteiger partial charge in [-0.05, 0) is 26.3 Å². The van der Waals surface area contributed by atoms with Crippen molar-refractivity contribution in [3.05, 3.63) is 34.2 Å². The summed E-state index contributed by atoms with van der Waals surface area (Å²) in [7, 11) is 0. The molecule has 0 unspecified atom stereocenters. The van der Waals surface area contributed by atoms with Gasteiger partial charge in [-0.1, -0.05) is 13.3 Å².